The van der Waals surface area contributed by atoms with Crippen LogP contribution in [0.1, 0.15) is 44.0 Å². The maximum absolute atomic E-state index is 12.4. The molecule has 1 aromatic heterocycles. The fourth-order valence-electron chi connectivity index (χ4n) is 2.80. The second kappa shape index (κ2) is 6.24. The Bertz CT molecular complexity index is 545. The first-order valence-corrected chi connectivity index (χ1v) is 8.66. The minimum absolute atomic E-state index is 0.113. The van der Waals surface area contributed by atoms with Crippen LogP contribution >= 0.6 is 0 Å². The van der Waals surface area contributed by atoms with Gasteiger partial charge in [-0.25, -0.2) is 13.1 Å². The highest BCUT2D eigenvalue weighted by atomic mass is 32.2. The molecule has 6 nitrogen and oxygen atoms in total. The van der Waals surface area contributed by atoms with E-state index in [4.69, 9.17) is 5.73 Å². The normalized spacial score (nSPS) is 23.9. The lowest BCUT2D eigenvalue weighted by atomic mass is 9.83. The van der Waals surface area contributed by atoms with Crippen LogP contribution in [0.4, 0.5) is 0 Å². The third-order valence-corrected chi connectivity index (χ3v) is 5.75. The highest BCUT2D eigenvalue weighted by Crippen LogP contribution is 2.28. The van der Waals surface area contributed by atoms with Gasteiger partial charge in [0.1, 0.15) is 4.90 Å². The molecule has 0 atom stereocenters. The van der Waals surface area contributed by atoms with Gasteiger partial charge >= 0.3 is 0 Å². The molecule has 1 aliphatic carbocycles. The molecule has 0 aliphatic heterocycles. The maximum atomic E-state index is 12.4. The predicted octanol–water partition coefficient (Wildman–Crippen LogP) is 1.28. The SMILES string of the molecule is Cc1[nH]nc(CN)c1S(=O)(=O)NCC1CCC(C)CC1. The number of sulfonamides is 1. The number of hydrogen-bond donors (Lipinski definition) is 3. The first-order chi connectivity index (χ1) is 9.44. The molecule has 1 aliphatic rings. The molecular weight excluding hydrogens is 276 g/mol. The second-order valence-corrected chi connectivity index (χ2v) is 7.51. The predicted molar refractivity (Wildman–Crippen MR) is 77.5 cm³/mol. The van der Waals surface area contributed by atoms with Crippen LogP contribution in [0.5, 0.6) is 0 Å². The number of nitrogens with zero attached hydrogens (tertiary/aromatic N) is 1. The summed E-state index contributed by atoms with van der Waals surface area (Å²) in [5.41, 5.74) is 6.47. The average molecular weight is 300 g/mol. The van der Waals surface area contributed by atoms with Crippen molar-refractivity contribution in [3.8, 4) is 0 Å². The van der Waals surface area contributed by atoms with E-state index >= 15 is 0 Å². The van der Waals surface area contributed by atoms with Crippen LogP contribution in [-0.4, -0.2) is 25.2 Å². The summed E-state index contributed by atoms with van der Waals surface area (Å²) in [5, 5.41) is 6.62. The van der Waals surface area contributed by atoms with Gasteiger partial charge in [-0.05, 0) is 31.6 Å². The van der Waals surface area contributed by atoms with Crippen LogP contribution < -0.4 is 10.5 Å². The van der Waals surface area contributed by atoms with E-state index in [1.54, 1.807) is 6.92 Å². The first kappa shape index (κ1) is 15.5. The second-order valence-electron chi connectivity index (χ2n) is 5.81. The number of hydrogen-bond acceptors (Lipinski definition) is 4. The van der Waals surface area contributed by atoms with E-state index in [-0.39, 0.29) is 11.4 Å². The zero-order chi connectivity index (χ0) is 14.8. The number of rotatable bonds is 5. The summed E-state index contributed by atoms with van der Waals surface area (Å²) in [6, 6.07) is 0. The van der Waals surface area contributed by atoms with Gasteiger partial charge in [0.2, 0.25) is 10.0 Å². The van der Waals surface area contributed by atoms with E-state index in [9.17, 15) is 8.42 Å². The molecule has 20 heavy (non-hydrogen) atoms. The molecule has 0 saturated heterocycles. The zero-order valence-electron chi connectivity index (χ0n) is 12.1. The van der Waals surface area contributed by atoms with Gasteiger partial charge in [0.15, 0.2) is 0 Å². The molecule has 0 amide bonds. The van der Waals surface area contributed by atoms with Crippen LogP contribution in [0.3, 0.4) is 0 Å². The Balaban J connectivity index is 2.02. The van der Waals surface area contributed by atoms with E-state index in [0.29, 0.717) is 23.9 Å². The van der Waals surface area contributed by atoms with Crippen molar-refractivity contribution in [3.63, 3.8) is 0 Å². The van der Waals surface area contributed by atoms with Gasteiger partial charge in [0.05, 0.1) is 11.4 Å². The van der Waals surface area contributed by atoms with Crippen LogP contribution in [-0.2, 0) is 16.6 Å². The Morgan fingerprint density at radius 2 is 2.00 bits per heavy atom. The van der Waals surface area contributed by atoms with Crippen molar-refractivity contribution in [3.05, 3.63) is 11.4 Å². The Morgan fingerprint density at radius 1 is 1.35 bits per heavy atom. The van der Waals surface area contributed by atoms with Gasteiger partial charge in [0, 0.05) is 13.1 Å². The minimum atomic E-state index is -3.53. The van der Waals surface area contributed by atoms with Crippen molar-refractivity contribution < 1.29 is 8.42 Å². The van der Waals surface area contributed by atoms with E-state index in [1.165, 1.54) is 12.8 Å². The molecule has 1 heterocycles. The molecule has 0 aromatic carbocycles. The van der Waals surface area contributed by atoms with Crippen molar-refractivity contribution in [2.24, 2.45) is 17.6 Å². The van der Waals surface area contributed by atoms with E-state index < -0.39 is 10.0 Å². The van der Waals surface area contributed by atoms with Crippen molar-refractivity contribution in [1.29, 1.82) is 0 Å². The molecular formula is C13H24N4O2S. The van der Waals surface area contributed by atoms with Gasteiger partial charge in [-0.15, -0.1) is 0 Å². The molecule has 4 N–H and O–H groups in total. The molecule has 7 heteroatoms. The average Bonchev–Trinajstić information content (AvgIpc) is 2.80. The summed E-state index contributed by atoms with van der Waals surface area (Å²) in [6.45, 7) is 4.57. The number of nitrogens with two attached hydrogens (primary N) is 1. The quantitative estimate of drug-likeness (QED) is 0.762. The van der Waals surface area contributed by atoms with Gasteiger partial charge in [0.25, 0.3) is 0 Å². The summed E-state index contributed by atoms with van der Waals surface area (Å²) >= 11 is 0. The van der Waals surface area contributed by atoms with Crippen molar-refractivity contribution in [1.82, 2.24) is 14.9 Å². The van der Waals surface area contributed by atoms with Gasteiger partial charge < -0.3 is 5.73 Å². The monoisotopic (exact) mass is 300 g/mol. The molecule has 114 valence electrons. The van der Waals surface area contributed by atoms with Crippen molar-refractivity contribution >= 4 is 10.0 Å². The summed E-state index contributed by atoms with van der Waals surface area (Å²) in [4.78, 5) is 0.212. The Morgan fingerprint density at radius 3 is 2.60 bits per heavy atom. The third-order valence-electron chi connectivity index (χ3n) is 4.12. The molecule has 0 radical (unpaired) electrons. The standard InChI is InChI=1S/C13H24N4O2S/c1-9-3-5-11(6-4-9)8-15-20(18,19)13-10(2)16-17-12(13)7-14/h9,11,15H,3-8,14H2,1-2H3,(H,16,17). The lowest BCUT2D eigenvalue weighted by Gasteiger charge is -2.26. The van der Waals surface area contributed by atoms with Crippen molar-refractivity contribution in [2.45, 2.75) is 51.0 Å². The van der Waals surface area contributed by atoms with E-state index in [0.717, 1.165) is 18.8 Å². The lowest BCUT2D eigenvalue weighted by molar-refractivity contribution is 0.290. The van der Waals surface area contributed by atoms with Gasteiger partial charge in [-0.3, -0.25) is 5.10 Å². The fourth-order valence-corrected chi connectivity index (χ4v) is 4.28. The van der Waals surface area contributed by atoms with Crippen LogP contribution in [0.25, 0.3) is 0 Å². The van der Waals surface area contributed by atoms with E-state index in [1.807, 2.05) is 0 Å². The summed E-state index contributed by atoms with van der Waals surface area (Å²) in [7, 11) is -3.53. The van der Waals surface area contributed by atoms with Gasteiger partial charge in [-0.2, -0.15) is 5.10 Å². The lowest BCUT2D eigenvalue weighted by Crippen LogP contribution is -2.32. The summed E-state index contributed by atoms with van der Waals surface area (Å²) < 4.78 is 27.5. The molecule has 1 saturated carbocycles. The molecule has 1 fully saturated rings. The molecule has 0 unspecified atom stereocenters. The van der Waals surface area contributed by atoms with Crippen LogP contribution in [0, 0.1) is 18.8 Å². The topological polar surface area (TPSA) is 101 Å². The molecule has 1 aromatic rings. The Labute approximate surface area is 120 Å². The largest absolute Gasteiger partial charge is 0.325 e. The van der Waals surface area contributed by atoms with Crippen LogP contribution in [0.15, 0.2) is 4.90 Å². The number of aromatic nitrogens is 2. The van der Waals surface area contributed by atoms with Crippen molar-refractivity contribution in [2.75, 3.05) is 6.54 Å². The van der Waals surface area contributed by atoms with E-state index in [2.05, 4.69) is 21.8 Å². The Hall–Kier alpha value is -0.920. The minimum Gasteiger partial charge on any atom is -0.325 e. The van der Waals surface area contributed by atoms with Gasteiger partial charge in [-0.1, -0.05) is 19.8 Å². The summed E-state index contributed by atoms with van der Waals surface area (Å²) in [5.74, 6) is 1.21. The number of aryl methyl sites for hydroxylation is 1. The first-order valence-electron chi connectivity index (χ1n) is 7.17. The highest BCUT2D eigenvalue weighted by Gasteiger charge is 2.25. The highest BCUT2D eigenvalue weighted by molar-refractivity contribution is 7.89. The molecule has 0 spiro atoms. The third kappa shape index (κ3) is 3.39. The Kier molecular flexibility index (Phi) is 4.82. The summed E-state index contributed by atoms with van der Waals surface area (Å²) in [6.07, 6.45) is 4.56. The van der Waals surface area contributed by atoms with Crippen LogP contribution in [0.2, 0.25) is 0 Å². The molecule has 2 rings (SSSR count). The number of H-pyrrole nitrogens is 1. The maximum Gasteiger partial charge on any atom is 0.244 e. The number of aromatic amines is 1. The zero-order valence-corrected chi connectivity index (χ0v) is 13.0. The number of nitrogens with one attached hydrogen (secondary N) is 2. The molecule has 0 bridgehead atoms. The smallest absolute Gasteiger partial charge is 0.244 e. The fraction of sp³-hybridized carbons (Fsp3) is 0.769.